The van der Waals surface area contributed by atoms with Gasteiger partial charge in [0.25, 0.3) is 0 Å². The number of carbonyl (C=O) groups excluding carboxylic acids is 2. The van der Waals surface area contributed by atoms with Crippen molar-refractivity contribution in [2.45, 2.75) is 46.1 Å². The molecule has 1 aliphatic rings. The number of likely N-dealkylation sites (N-methyl/N-ethyl adjacent to an activating group) is 2. The number of rotatable bonds is 2. The van der Waals surface area contributed by atoms with Crippen LogP contribution in [0.1, 0.15) is 40.0 Å². The first-order valence-corrected chi connectivity index (χ1v) is 5.61. The molecule has 2 amide bonds. The van der Waals surface area contributed by atoms with Crippen LogP contribution in [0.5, 0.6) is 0 Å². The lowest BCUT2D eigenvalue weighted by atomic mass is 10.2. The Morgan fingerprint density at radius 2 is 2.00 bits per heavy atom. The zero-order chi connectivity index (χ0) is 11.8. The number of nitrogens with zero attached hydrogens (tertiary/aromatic N) is 1. The fourth-order valence-electron chi connectivity index (χ4n) is 1.40. The SMILES string of the molecule is CCC.CCNC(=O)C1CCC(=O)N1C. The number of hydrogen-bond donors (Lipinski definition) is 1. The predicted molar refractivity (Wildman–Crippen MR) is 60.4 cm³/mol. The van der Waals surface area contributed by atoms with Crippen LogP contribution in [-0.4, -0.2) is 36.3 Å². The Bertz CT molecular complexity index is 217. The highest BCUT2D eigenvalue weighted by atomic mass is 16.2. The van der Waals surface area contributed by atoms with Gasteiger partial charge in [-0.25, -0.2) is 0 Å². The molecule has 15 heavy (non-hydrogen) atoms. The van der Waals surface area contributed by atoms with Crippen LogP contribution in [0.25, 0.3) is 0 Å². The van der Waals surface area contributed by atoms with Gasteiger partial charge in [-0.2, -0.15) is 0 Å². The quantitative estimate of drug-likeness (QED) is 0.750. The molecule has 0 aliphatic carbocycles. The van der Waals surface area contributed by atoms with E-state index in [2.05, 4.69) is 19.2 Å². The van der Waals surface area contributed by atoms with Crippen molar-refractivity contribution in [3.8, 4) is 0 Å². The Balaban J connectivity index is 0.000000583. The van der Waals surface area contributed by atoms with Crippen molar-refractivity contribution >= 4 is 11.8 Å². The van der Waals surface area contributed by atoms with Crippen molar-refractivity contribution in [3.05, 3.63) is 0 Å². The lowest BCUT2D eigenvalue weighted by Crippen LogP contribution is -2.42. The predicted octanol–water partition coefficient (Wildman–Crippen LogP) is 1.16. The van der Waals surface area contributed by atoms with E-state index in [1.807, 2.05) is 6.92 Å². The minimum Gasteiger partial charge on any atom is -0.355 e. The highest BCUT2D eigenvalue weighted by molar-refractivity contribution is 5.90. The van der Waals surface area contributed by atoms with Gasteiger partial charge in [-0.3, -0.25) is 9.59 Å². The average Bonchev–Trinajstić information content (AvgIpc) is 2.49. The second-order valence-corrected chi connectivity index (χ2v) is 3.66. The van der Waals surface area contributed by atoms with Gasteiger partial charge in [-0.05, 0) is 13.3 Å². The first kappa shape index (κ1) is 13.9. The molecule has 0 aromatic heterocycles. The van der Waals surface area contributed by atoms with Crippen LogP contribution >= 0.6 is 0 Å². The van der Waals surface area contributed by atoms with E-state index >= 15 is 0 Å². The Labute approximate surface area is 92.0 Å². The average molecular weight is 214 g/mol. The van der Waals surface area contributed by atoms with E-state index in [-0.39, 0.29) is 17.9 Å². The van der Waals surface area contributed by atoms with Gasteiger partial charge >= 0.3 is 0 Å². The zero-order valence-corrected chi connectivity index (χ0v) is 10.2. The third-order valence-electron chi connectivity index (χ3n) is 2.15. The van der Waals surface area contributed by atoms with Crippen molar-refractivity contribution in [1.82, 2.24) is 10.2 Å². The van der Waals surface area contributed by atoms with Gasteiger partial charge in [0.05, 0.1) is 0 Å². The minimum atomic E-state index is -0.238. The summed E-state index contributed by atoms with van der Waals surface area (Å²) in [5.41, 5.74) is 0. The van der Waals surface area contributed by atoms with E-state index in [9.17, 15) is 9.59 Å². The van der Waals surface area contributed by atoms with Gasteiger partial charge in [-0.1, -0.05) is 20.3 Å². The van der Waals surface area contributed by atoms with Crippen LogP contribution in [0, 0.1) is 0 Å². The number of carbonyl (C=O) groups is 2. The molecule has 1 fully saturated rings. The minimum absolute atomic E-state index is 0.0362. The molecule has 1 rings (SSSR count). The lowest BCUT2D eigenvalue weighted by molar-refractivity contribution is -0.133. The monoisotopic (exact) mass is 214 g/mol. The molecule has 1 unspecified atom stereocenters. The molecule has 0 radical (unpaired) electrons. The van der Waals surface area contributed by atoms with Gasteiger partial charge in [0.15, 0.2) is 0 Å². The normalized spacial score (nSPS) is 19.6. The summed E-state index contributed by atoms with van der Waals surface area (Å²) in [6, 6.07) is -0.238. The molecule has 0 aromatic carbocycles. The molecule has 1 saturated heterocycles. The van der Waals surface area contributed by atoms with Gasteiger partial charge in [0, 0.05) is 20.0 Å². The van der Waals surface area contributed by atoms with Crippen LogP contribution < -0.4 is 5.32 Å². The maximum atomic E-state index is 11.3. The van der Waals surface area contributed by atoms with E-state index in [4.69, 9.17) is 0 Å². The van der Waals surface area contributed by atoms with Crippen LogP contribution in [0.2, 0.25) is 0 Å². The molecular weight excluding hydrogens is 192 g/mol. The summed E-state index contributed by atoms with van der Waals surface area (Å²) in [6.45, 7) is 6.74. The number of nitrogens with one attached hydrogen (secondary N) is 1. The zero-order valence-electron chi connectivity index (χ0n) is 10.2. The summed E-state index contributed by atoms with van der Waals surface area (Å²) in [5, 5.41) is 2.71. The topological polar surface area (TPSA) is 49.4 Å². The Kier molecular flexibility index (Phi) is 6.75. The van der Waals surface area contributed by atoms with E-state index < -0.39 is 0 Å². The molecule has 1 N–H and O–H groups in total. The smallest absolute Gasteiger partial charge is 0.242 e. The number of hydrogen-bond acceptors (Lipinski definition) is 2. The first-order chi connectivity index (χ1) is 7.08. The van der Waals surface area contributed by atoms with Gasteiger partial charge in [-0.15, -0.1) is 0 Å². The first-order valence-electron chi connectivity index (χ1n) is 5.61. The van der Waals surface area contributed by atoms with E-state index in [0.29, 0.717) is 19.4 Å². The Morgan fingerprint density at radius 1 is 1.47 bits per heavy atom. The van der Waals surface area contributed by atoms with E-state index in [1.54, 1.807) is 7.05 Å². The summed E-state index contributed by atoms with van der Waals surface area (Å²) >= 11 is 0. The molecule has 4 heteroatoms. The van der Waals surface area contributed by atoms with Crippen LogP contribution in [0.3, 0.4) is 0 Å². The van der Waals surface area contributed by atoms with Gasteiger partial charge in [0.1, 0.15) is 6.04 Å². The van der Waals surface area contributed by atoms with Crippen LogP contribution in [0.4, 0.5) is 0 Å². The number of amides is 2. The fraction of sp³-hybridized carbons (Fsp3) is 0.818. The molecule has 0 saturated carbocycles. The van der Waals surface area contributed by atoms with Crippen molar-refractivity contribution in [2.24, 2.45) is 0 Å². The summed E-state index contributed by atoms with van der Waals surface area (Å²) in [5.74, 6) is 0.0251. The molecule has 0 aromatic rings. The third-order valence-corrected chi connectivity index (χ3v) is 2.15. The second-order valence-electron chi connectivity index (χ2n) is 3.66. The highest BCUT2D eigenvalue weighted by Crippen LogP contribution is 2.15. The molecule has 0 bridgehead atoms. The Hall–Kier alpha value is -1.06. The van der Waals surface area contributed by atoms with Gasteiger partial charge < -0.3 is 10.2 Å². The summed E-state index contributed by atoms with van der Waals surface area (Å²) in [7, 11) is 1.68. The molecule has 1 heterocycles. The fourth-order valence-corrected chi connectivity index (χ4v) is 1.40. The molecule has 88 valence electrons. The van der Waals surface area contributed by atoms with E-state index in [0.717, 1.165) is 0 Å². The molecule has 0 spiro atoms. The van der Waals surface area contributed by atoms with Crippen LogP contribution in [-0.2, 0) is 9.59 Å². The molecular formula is C11H22N2O2. The van der Waals surface area contributed by atoms with Crippen LogP contribution in [0.15, 0.2) is 0 Å². The summed E-state index contributed by atoms with van der Waals surface area (Å²) in [6.07, 6.45) is 2.40. The summed E-state index contributed by atoms with van der Waals surface area (Å²) < 4.78 is 0. The number of likely N-dealkylation sites (tertiary alicyclic amines) is 1. The lowest BCUT2D eigenvalue weighted by Gasteiger charge is -2.18. The third kappa shape index (κ3) is 4.32. The van der Waals surface area contributed by atoms with E-state index in [1.165, 1.54) is 11.3 Å². The maximum absolute atomic E-state index is 11.3. The van der Waals surface area contributed by atoms with Crippen molar-refractivity contribution < 1.29 is 9.59 Å². The second kappa shape index (κ2) is 7.26. The van der Waals surface area contributed by atoms with Crippen molar-refractivity contribution in [3.63, 3.8) is 0 Å². The molecule has 1 aliphatic heterocycles. The van der Waals surface area contributed by atoms with Crippen molar-refractivity contribution in [2.75, 3.05) is 13.6 Å². The Morgan fingerprint density at radius 3 is 2.33 bits per heavy atom. The molecule has 1 atom stereocenters. The maximum Gasteiger partial charge on any atom is 0.242 e. The molecule has 4 nitrogen and oxygen atoms in total. The highest BCUT2D eigenvalue weighted by Gasteiger charge is 2.32. The standard InChI is InChI=1S/C8H14N2O2.C3H8/c1-3-9-8(12)6-4-5-7(11)10(6)2;1-3-2/h6H,3-5H2,1-2H3,(H,9,12);3H2,1-2H3. The van der Waals surface area contributed by atoms with Gasteiger partial charge in [0.2, 0.25) is 11.8 Å². The van der Waals surface area contributed by atoms with Crippen molar-refractivity contribution in [1.29, 1.82) is 0 Å². The summed E-state index contributed by atoms with van der Waals surface area (Å²) in [4.78, 5) is 23.9. The largest absolute Gasteiger partial charge is 0.355 e.